The highest BCUT2D eigenvalue weighted by Gasteiger charge is 2.38. The summed E-state index contributed by atoms with van der Waals surface area (Å²) in [5, 5.41) is 18.2. The molecule has 1 aliphatic rings. The van der Waals surface area contributed by atoms with Crippen LogP contribution in [-0.4, -0.2) is 61.2 Å². The zero-order valence-electron chi connectivity index (χ0n) is 16.2. The summed E-state index contributed by atoms with van der Waals surface area (Å²) >= 11 is 0. The van der Waals surface area contributed by atoms with Crippen molar-refractivity contribution in [3.8, 4) is 11.8 Å². The first-order chi connectivity index (χ1) is 12.8. The number of ether oxygens (including phenoxy) is 3. The molecule has 27 heavy (non-hydrogen) atoms. The van der Waals surface area contributed by atoms with Crippen molar-refractivity contribution in [3.05, 3.63) is 29.8 Å². The second kappa shape index (κ2) is 9.58. The third-order valence-corrected chi connectivity index (χ3v) is 4.16. The highest BCUT2D eigenvalue weighted by atomic mass is 16.6. The molecule has 7 heteroatoms. The summed E-state index contributed by atoms with van der Waals surface area (Å²) in [7, 11) is 0. The van der Waals surface area contributed by atoms with Crippen molar-refractivity contribution in [2.75, 3.05) is 39.5 Å². The Morgan fingerprint density at radius 1 is 1.30 bits per heavy atom. The average Bonchev–Trinajstić information content (AvgIpc) is 3.05. The van der Waals surface area contributed by atoms with E-state index in [4.69, 9.17) is 19.3 Å². The molecule has 0 radical (unpaired) electrons. The first-order valence-electron chi connectivity index (χ1n) is 9.13. The zero-order valence-corrected chi connectivity index (χ0v) is 16.2. The van der Waals surface area contributed by atoms with Crippen molar-refractivity contribution in [1.82, 2.24) is 4.90 Å². The van der Waals surface area contributed by atoms with Crippen molar-refractivity contribution in [1.29, 1.82) is 5.26 Å². The number of amides is 1. The number of aliphatic hydroxyl groups is 1. The van der Waals surface area contributed by atoms with E-state index in [1.54, 1.807) is 4.90 Å². The standard InChI is InChI=1S/C20H28N2O5/c1-20(2,3)27-19(24)22-13-16(12-21)18(14-22)15-5-4-6-17(11-15)26-10-9-25-8-7-23/h4-6,11,16,18,23H,7-10,13-14H2,1-3H3/t16-,18+/m1/s1. The molecule has 7 nitrogen and oxygen atoms in total. The largest absolute Gasteiger partial charge is 0.491 e. The topological polar surface area (TPSA) is 92.0 Å². The molecule has 1 heterocycles. The summed E-state index contributed by atoms with van der Waals surface area (Å²) < 4.78 is 16.3. The zero-order chi connectivity index (χ0) is 19.9. The molecule has 2 atom stereocenters. The van der Waals surface area contributed by atoms with Crippen LogP contribution in [0.25, 0.3) is 0 Å². The highest BCUT2D eigenvalue weighted by molar-refractivity contribution is 5.69. The number of benzene rings is 1. The third-order valence-electron chi connectivity index (χ3n) is 4.16. The maximum atomic E-state index is 12.3. The molecule has 0 spiro atoms. The molecule has 0 bridgehead atoms. The lowest BCUT2D eigenvalue weighted by Crippen LogP contribution is -2.35. The predicted octanol–water partition coefficient (Wildman–Crippen LogP) is 2.55. The van der Waals surface area contributed by atoms with E-state index in [2.05, 4.69) is 6.07 Å². The first kappa shape index (κ1) is 21.0. The molecule has 1 aromatic rings. The second-order valence-electron chi connectivity index (χ2n) is 7.48. The fourth-order valence-electron chi connectivity index (χ4n) is 2.97. The van der Waals surface area contributed by atoms with E-state index in [1.165, 1.54) is 0 Å². The summed E-state index contributed by atoms with van der Waals surface area (Å²) in [6.45, 7) is 7.31. The molecule has 1 N–H and O–H groups in total. The Hall–Kier alpha value is -2.30. The molecule has 1 saturated heterocycles. The van der Waals surface area contributed by atoms with Gasteiger partial charge in [-0.05, 0) is 38.5 Å². The summed E-state index contributed by atoms with van der Waals surface area (Å²) in [6.07, 6.45) is -0.390. The first-order valence-corrected chi connectivity index (χ1v) is 9.13. The lowest BCUT2D eigenvalue weighted by atomic mass is 9.90. The van der Waals surface area contributed by atoms with E-state index in [0.717, 1.165) is 5.56 Å². The van der Waals surface area contributed by atoms with Gasteiger partial charge in [0.25, 0.3) is 0 Å². The van der Waals surface area contributed by atoms with E-state index in [-0.39, 0.29) is 25.0 Å². The van der Waals surface area contributed by atoms with Crippen molar-refractivity contribution < 1.29 is 24.1 Å². The molecule has 1 fully saturated rings. The number of carbonyl (C=O) groups is 1. The van der Waals surface area contributed by atoms with Crippen LogP contribution in [0.5, 0.6) is 5.75 Å². The van der Waals surface area contributed by atoms with Crippen molar-refractivity contribution in [2.45, 2.75) is 32.3 Å². The number of hydrogen-bond acceptors (Lipinski definition) is 6. The van der Waals surface area contributed by atoms with Gasteiger partial charge < -0.3 is 24.2 Å². The summed E-state index contributed by atoms with van der Waals surface area (Å²) in [5.41, 5.74) is 0.393. The van der Waals surface area contributed by atoms with E-state index < -0.39 is 11.7 Å². The quantitative estimate of drug-likeness (QED) is 0.735. The Bertz CT molecular complexity index is 665. The van der Waals surface area contributed by atoms with E-state index in [0.29, 0.717) is 32.1 Å². The molecule has 0 aliphatic carbocycles. The summed E-state index contributed by atoms with van der Waals surface area (Å²) in [6, 6.07) is 9.89. The monoisotopic (exact) mass is 376 g/mol. The molecular formula is C20H28N2O5. The van der Waals surface area contributed by atoms with Crippen molar-refractivity contribution >= 4 is 6.09 Å². The van der Waals surface area contributed by atoms with Gasteiger partial charge in [0.1, 0.15) is 18.0 Å². The van der Waals surface area contributed by atoms with Gasteiger partial charge in [0.15, 0.2) is 0 Å². The van der Waals surface area contributed by atoms with Crippen LogP contribution in [0.4, 0.5) is 4.79 Å². The van der Waals surface area contributed by atoms with Crippen LogP contribution in [0.15, 0.2) is 24.3 Å². The van der Waals surface area contributed by atoms with Gasteiger partial charge in [-0.3, -0.25) is 0 Å². The molecule has 0 aromatic heterocycles. The Kier molecular flexibility index (Phi) is 7.45. The molecule has 148 valence electrons. The highest BCUT2D eigenvalue weighted by Crippen LogP contribution is 2.34. The van der Waals surface area contributed by atoms with E-state index >= 15 is 0 Å². The van der Waals surface area contributed by atoms with Crippen LogP contribution < -0.4 is 4.74 Å². The lowest BCUT2D eigenvalue weighted by molar-refractivity contribution is 0.0289. The van der Waals surface area contributed by atoms with E-state index in [1.807, 2.05) is 45.0 Å². The number of nitrogens with zero attached hydrogens (tertiary/aromatic N) is 2. The normalized spacial score (nSPS) is 19.6. The van der Waals surface area contributed by atoms with Crippen LogP contribution in [-0.2, 0) is 9.47 Å². The smallest absolute Gasteiger partial charge is 0.410 e. The minimum absolute atomic E-state index is 0.0130. The summed E-state index contributed by atoms with van der Waals surface area (Å²) in [4.78, 5) is 13.9. The second-order valence-corrected chi connectivity index (χ2v) is 7.48. The average molecular weight is 376 g/mol. The Balaban J connectivity index is 2.00. The maximum absolute atomic E-state index is 12.3. The van der Waals surface area contributed by atoms with Crippen LogP contribution in [0.2, 0.25) is 0 Å². The number of nitriles is 1. The van der Waals surface area contributed by atoms with Crippen LogP contribution >= 0.6 is 0 Å². The molecule has 1 aromatic carbocycles. The van der Waals surface area contributed by atoms with Gasteiger partial charge in [-0.15, -0.1) is 0 Å². The SMILES string of the molecule is CC(C)(C)OC(=O)N1C[C@@H](C#N)[C@H](c2cccc(OCCOCCO)c2)C1. The lowest BCUT2D eigenvalue weighted by Gasteiger charge is -2.24. The molecular weight excluding hydrogens is 348 g/mol. The molecule has 1 amide bonds. The van der Waals surface area contributed by atoms with Crippen LogP contribution in [0, 0.1) is 17.2 Å². The molecule has 0 saturated carbocycles. The fraction of sp³-hybridized carbons (Fsp3) is 0.600. The Morgan fingerprint density at radius 2 is 2.07 bits per heavy atom. The number of carbonyl (C=O) groups excluding carboxylic acids is 1. The van der Waals surface area contributed by atoms with Gasteiger partial charge in [0.2, 0.25) is 0 Å². The van der Waals surface area contributed by atoms with Gasteiger partial charge in [0, 0.05) is 19.0 Å². The van der Waals surface area contributed by atoms with E-state index in [9.17, 15) is 10.1 Å². The van der Waals surface area contributed by atoms with Gasteiger partial charge >= 0.3 is 6.09 Å². The van der Waals surface area contributed by atoms with Crippen molar-refractivity contribution in [3.63, 3.8) is 0 Å². The predicted molar refractivity (Wildman–Crippen MR) is 99.5 cm³/mol. The number of rotatable bonds is 7. The molecule has 1 aliphatic heterocycles. The number of hydrogen-bond donors (Lipinski definition) is 1. The van der Waals surface area contributed by atoms with Gasteiger partial charge in [-0.1, -0.05) is 12.1 Å². The third kappa shape index (κ3) is 6.42. The number of aliphatic hydroxyl groups excluding tert-OH is 1. The minimum Gasteiger partial charge on any atom is -0.491 e. The Morgan fingerprint density at radius 3 is 2.74 bits per heavy atom. The molecule has 2 rings (SSSR count). The Labute approximate surface area is 160 Å². The van der Waals surface area contributed by atoms with Gasteiger partial charge in [-0.25, -0.2) is 4.79 Å². The van der Waals surface area contributed by atoms with Gasteiger partial charge in [-0.2, -0.15) is 5.26 Å². The molecule has 0 unspecified atom stereocenters. The fourth-order valence-corrected chi connectivity index (χ4v) is 2.97. The maximum Gasteiger partial charge on any atom is 0.410 e. The number of likely N-dealkylation sites (tertiary alicyclic amines) is 1. The van der Waals surface area contributed by atoms with Crippen LogP contribution in [0.1, 0.15) is 32.3 Å². The summed E-state index contributed by atoms with van der Waals surface area (Å²) in [5.74, 6) is 0.310. The van der Waals surface area contributed by atoms with Crippen molar-refractivity contribution in [2.24, 2.45) is 5.92 Å². The van der Waals surface area contributed by atoms with Gasteiger partial charge in [0.05, 0.1) is 31.8 Å². The van der Waals surface area contributed by atoms with Crippen LogP contribution in [0.3, 0.4) is 0 Å². The minimum atomic E-state index is -0.566.